The second kappa shape index (κ2) is 24.0. The summed E-state index contributed by atoms with van der Waals surface area (Å²) in [4.78, 5) is 115. The van der Waals surface area contributed by atoms with E-state index in [1.165, 1.54) is 43.4 Å². The highest BCUT2D eigenvalue weighted by atomic mass is 16.5. The minimum Gasteiger partial charge on any atom is -0.494 e. The molecule has 1 aliphatic rings. The number of methoxy groups -OCH3 is 2. The molecule has 0 saturated heterocycles. The van der Waals surface area contributed by atoms with Crippen LogP contribution < -0.4 is 36.9 Å². The van der Waals surface area contributed by atoms with Crippen LogP contribution in [-0.2, 0) is 50.1 Å². The third-order valence-corrected chi connectivity index (χ3v) is 12.6. The summed E-state index contributed by atoms with van der Waals surface area (Å²) in [5, 5.41) is 17.3. The molecule has 2 atom stereocenters. The summed E-state index contributed by atoms with van der Waals surface area (Å²) >= 11 is 0. The van der Waals surface area contributed by atoms with Crippen molar-refractivity contribution in [2.24, 2.45) is 11.5 Å². The van der Waals surface area contributed by atoms with E-state index in [1.54, 1.807) is 70.6 Å². The Balaban J connectivity index is 1.17. The Bertz CT molecular complexity index is 3350. The zero-order chi connectivity index (χ0) is 55.8. The Hall–Kier alpha value is -9.20. The van der Waals surface area contributed by atoms with Crippen molar-refractivity contribution in [2.45, 2.75) is 85.8 Å². The van der Waals surface area contributed by atoms with Gasteiger partial charge < -0.3 is 45.0 Å². The largest absolute Gasteiger partial charge is 0.494 e. The highest BCUT2D eigenvalue weighted by molar-refractivity contribution is 6.13. The number of fused-ring (bicyclic) bond motifs is 2. The number of ether oxygens (including phenoxy) is 3. The average molecular weight is 1060 g/mol. The topological polar surface area (TPSA) is 330 Å². The Morgan fingerprint density at radius 1 is 0.740 bits per heavy atom. The Labute approximate surface area is 441 Å². The van der Waals surface area contributed by atoms with Crippen LogP contribution in [0.25, 0.3) is 22.1 Å². The molecule has 7 N–H and O–H groups in total. The van der Waals surface area contributed by atoms with Crippen molar-refractivity contribution >= 4 is 81.2 Å². The molecule has 6 aromatic rings. The maximum atomic E-state index is 14.0. The molecule has 26 nitrogen and oxygen atoms in total. The number of hydrogen-bond donors (Lipinski definition) is 5. The van der Waals surface area contributed by atoms with Gasteiger partial charge in [0.15, 0.2) is 0 Å². The Morgan fingerprint density at radius 2 is 1.23 bits per heavy atom. The van der Waals surface area contributed by atoms with Crippen molar-refractivity contribution in [3.8, 4) is 11.5 Å². The quantitative estimate of drug-likeness (QED) is 0.0312. The number of anilines is 2. The van der Waals surface area contributed by atoms with Gasteiger partial charge in [-0.2, -0.15) is 10.2 Å². The van der Waals surface area contributed by atoms with E-state index in [0.29, 0.717) is 46.7 Å². The van der Waals surface area contributed by atoms with Gasteiger partial charge in [-0.3, -0.25) is 63.3 Å². The lowest BCUT2D eigenvalue weighted by atomic mass is 10.1. The zero-order valence-corrected chi connectivity index (χ0v) is 43.9. The summed E-state index contributed by atoms with van der Waals surface area (Å²) in [7, 11) is 4.37. The Morgan fingerprint density at radius 3 is 1.70 bits per heavy atom. The number of carbonyl (C=O) groups is 8. The molecule has 0 unspecified atom stereocenters. The maximum Gasteiger partial charge on any atom is 0.276 e. The lowest BCUT2D eigenvalue weighted by Gasteiger charge is -2.28. The number of allylic oxidation sites excluding steroid dienone is 2. The third kappa shape index (κ3) is 12.3. The van der Waals surface area contributed by atoms with Crippen LogP contribution >= 0.6 is 0 Å². The summed E-state index contributed by atoms with van der Waals surface area (Å²) in [6, 6.07) is 8.10. The standard InChI is InChI=1S/C51H61N15O11/c1-9-65-35(22-28(3)59-65)47(72)57-50-54-33-24-31(45(52)70)26-37(76-8)43(33)63(50)18-11-12-19-64-44-34(55-51(64)58-48(73)36-23-29(4)60-66(36)10-2)25-32(46(53)71)27-38(44)77-21-13-17-61(6)49(74)42(30(5)75-7)56-39(67)16-20-62-40(68)14-15-41(62)69/h11-12,14-15,22-27,30,42H,9-10,13,16-21H2,1-8H3,(H2,52,70)(H2,53,71)(H,56,67)(H,54,57,72)(H,55,58,73)/b12-11+/t30-,42+/m1/s1. The average Bonchev–Trinajstić information content (AvgIpc) is 4.26. The molecule has 0 fully saturated rings. The molecule has 0 saturated carbocycles. The number of nitrogens with one attached hydrogen (secondary N) is 3. The number of aromatic nitrogens is 8. The van der Waals surface area contributed by atoms with Crippen LogP contribution in [0.3, 0.4) is 0 Å². The van der Waals surface area contributed by atoms with Gasteiger partial charge in [0.2, 0.25) is 35.5 Å². The molecule has 26 heteroatoms. The summed E-state index contributed by atoms with van der Waals surface area (Å²) < 4.78 is 24.0. The van der Waals surface area contributed by atoms with Crippen molar-refractivity contribution in [3.63, 3.8) is 0 Å². The number of hydrogen-bond acceptors (Lipinski definition) is 15. The van der Waals surface area contributed by atoms with Crippen LogP contribution in [0.5, 0.6) is 11.5 Å². The SMILES string of the molecule is CCn1nc(C)cc1C(=O)Nc1nc2cc(C(N)=O)cc(OC)c2n1C/C=C/Cn1c(NC(=O)c2cc(C)nn2CC)nc2cc(C(N)=O)cc(OCCCN(C)C(=O)[C@@H](NC(=O)CCN3C(=O)C=CC3=O)[C@@H](C)OC)c21. The van der Waals surface area contributed by atoms with Crippen molar-refractivity contribution in [2.75, 3.05) is 51.6 Å². The van der Waals surface area contributed by atoms with Gasteiger partial charge in [-0.15, -0.1) is 0 Å². The van der Waals surface area contributed by atoms with Crippen LogP contribution in [0.15, 0.2) is 60.7 Å². The molecule has 4 aromatic heterocycles. The van der Waals surface area contributed by atoms with Crippen molar-refractivity contribution < 1.29 is 52.6 Å². The monoisotopic (exact) mass is 1060 g/mol. The number of carbonyl (C=O) groups excluding carboxylic acids is 8. The van der Waals surface area contributed by atoms with Crippen LogP contribution in [0, 0.1) is 13.8 Å². The van der Waals surface area contributed by atoms with Gasteiger partial charge in [0, 0.05) is 83.1 Å². The number of nitrogens with zero attached hydrogens (tertiary/aromatic N) is 10. The zero-order valence-electron chi connectivity index (χ0n) is 43.9. The predicted octanol–water partition coefficient (Wildman–Crippen LogP) is 2.47. The van der Waals surface area contributed by atoms with Crippen LogP contribution in [-0.4, -0.2) is 149 Å². The molecule has 2 aromatic carbocycles. The third-order valence-electron chi connectivity index (χ3n) is 12.6. The van der Waals surface area contributed by atoms with E-state index in [-0.39, 0.29) is 91.4 Å². The minimum absolute atomic E-state index is 0.00446. The normalized spacial score (nSPS) is 13.2. The molecule has 0 aliphatic carbocycles. The summed E-state index contributed by atoms with van der Waals surface area (Å²) in [6.45, 7) is 9.79. The second-order valence-corrected chi connectivity index (χ2v) is 17.9. The van der Waals surface area contributed by atoms with Gasteiger partial charge in [-0.05, 0) is 77.4 Å². The fourth-order valence-corrected chi connectivity index (χ4v) is 8.64. The van der Waals surface area contributed by atoms with Gasteiger partial charge in [0.1, 0.15) is 40.0 Å². The number of amides is 8. The fraction of sp³-hybridized carbons (Fsp3) is 0.373. The van der Waals surface area contributed by atoms with Crippen LogP contribution in [0.2, 0.25) is 0 Å². The van der Waals surface area contributed by atoms with E-state index < -0.39 is 59.4 Å². The highest BCUT2D eigenvalue weighted by Gasteiger charge is 2.31. The first kappa shape index (κ1) is 55.5. The fourth-order valence-electron chi connectivity index (χ4n) is 8.64. The molecule has 406 valence electrons. The molecule has 0 bridgehead atoms. The molecule has 7 rings (SSSR count). The highest BCUT2D eigenvalue weighted by Crippen LogP contribution is 2.33. The van der Waals surface area contributed by atoms with E-state index >= 15 is 0 Å². The summed E-state index contributed by atoms with van der Waals surface area (Å²) in [5.74, 6) is -3.95. The van der Waals surface area contributed by atoms with Gasteiger partial charge in [-0.25, -0.2) is 9.97 Å². The van der Waals surface area contributed by atoms with Gasteiger partial charge >= 0.3 is 0 Å². The lowest BCUT2D eigenvalue weighted by Crippen LogP contribution is -2.54. The number of benzene rings is 2. The number of aryl methyl sites for hydroxylation is 4. The number of likely N-dealkylation sites (N-methyl/N-ethyl adjacent to an activating group) is 1. The lowest BCUT2D eigenvalue weighted by molar-refractivity contribution is -0.140. The summed E-state index contributed by atoms with van der Waals surface area (Å²) in [6.07, 6.45) is 5.06. The van der Waals surface area contributed by atoms with Gasteiger partial charge in [-0.1, -0.05) is 12.2 Å². The smallest absolute Gasteiger partial charge is 0.276 e. The Kier molecular flexibility index (Phi) is 17.3. The first-order valence-electron chi connectivity index (χ1n) is 24.6. The summed E-state index contributed by atoms with van der Waals surface area (Å²) in [5.41, 5.74) is 14.9. The molecular weight excluding hydrogens is 999 g/mol. The number of nitrogens with two attached hydrogens (primary N) is 2. The second-order valence-electron chi connectivity index (χ2n) is 17.9. The number of primary amides is 2. The molecular formula is C51H61N15O11. The first-order valence-corrected chi connectivity index (χ1v) is 24.6. The maximum absolute atomic E-state index is 14.0. The van der Waals surface area contributed by atoms with Gasteiger partial charge in [0.25, 0.3) is 23.6 Å². The van der Waals surface area contributed by atoms with E-state index in [1.807, 2.05) is 13.8 Å². The van der Waals surface area contributed by atoms with Gasteiger partial charge in [0.05, 0.1) is 42.2 Å². The number of imidazole rings is 2. The number of rotatable bonds is 25. The molecule has 1 aliphatic heterocycles. The molecule has 8 amide bonds. The molecule has 0 spiro atoms. The molecule has 77 heavy (non-hydrogen) atoms. The van der Waals surface area contributed by atoms with E-state index in [9.17, 15) is 38.4 Å². The van der Waals surface area contributed by atoms with Crippen molar-refractivity contribution in [1.82, 2.24) is 53.8 Å². The van der Waals surface area contributed by atoms with E-state index in [4.69, 9.17) is 30.7 Å². The van der Waals surface area contributed by atoms with Crippen molar-refractivity contribution in [3.05, 3.63) is 94.6 Å². The van der Waals surface area contributed by atoms with Crippen molar-refractivity contribution in [1.29, 1.82) is 0 Å². The van der Waals surface area contributed by atoms with E-state index in [0.717, 1.165) is 17.1 Å². The molecule has 5 heterocycles. The minimum atomic E-state index is -1.11. The van der Waals surface area contributed by atoms with Crippen LogP contribution in [0.4, 0.5) is 11.9 Å². The van der Waals surface area contributed by atoms with Crippen LogP contribution in [0.1, 0.15) is 86.7 Å². The molecule has 0 radical (unpaired) electrons. The number of imide groups is 1. The van der Waals surface area contributed by atoms with E-state index in [2.05, 4.69) is 31.1 Å². The first-order chi connectivity index (χ1) is 36.8. The predicted molar refractivity (Wildman–Crippen MR) is 280 cm³/mol.